The Morgan fingerprint density at radius 1 is 0.564 bits per heavy atom. The van der Waals surface area contributed by atoms with Gasteiger partial charge in [-0.15, -0.1) is 0 Å². The molecule has 0 amide bonds. The summed E-state index contributed by atoms with van der Waals surface area (Å²) in [5.41, 5.74) is 6.52. The zero-order valence-electron chi connectivity index (χ0n) is 21.1. The van der Waals surface area contributed by atoms with Crippen LogP contribution in [-0.2, 0) is 0 Å². The zero-order valence-corrected chi connectivity index (χ0v) is 21.1. The Bertz CT molecular complexity index is 1870. The van der Waals surface area contributed by atoms with Crippen molar-refractivity contribution in [1.29, 1.82) is 5.26 Å². The summed E-state index contributed by atoms with van der Waals surface area (Å²) in [4.78, 5) is 6.09. The van der Waals surface area contributed by atoms with Crippen LogP contribution in [0.4, 0.5) is 22.7 Å². The second kappa shape index (κ2) is 10.4. The van der Waals surface area contributed by atoms with Gasteiger partial charge in [0.1, 0.15) is 6.07 Å². The standard InChI is InChI=1S/C36H23N3/c1-38-36-33-15-9-8-14-31(33)35(25-37)32-23-20-27(24-34(32)36)17-16-26-18-21-30(22-19-26)39(28-10-4-2-5-11-28)29-12-6-3-7-13-29/h2-24H/b17-16-. The first kappa shape index (κ1) is 23.7. The molecule has 0 heterocycles. The first-order valence-electron chi connectivity index (χ1n) is 12.7. The molecular formula is C36H23N3. The number of hydrogen-bond acceptors (Lipinski definition) is 2. The van der Waals surface area contributed by atoms with Gasteiger partial charge < -0.3 is 4.90 Å². The smallest absolute Gasteiger partial charge is 0.202 e. The Labute approximate surface area is 227 Å². The van der Waals surface area contributed by atoms with Crippen LogP contribution in [0.25, 0.3) is 38.5 Å². The number of rotatable bonds is 5. The average Bonchev–Trinajstić information content (AvgIpc) is 3.00. The topological polar surface area (TPSA) is 31.4 Å². The van der Waals surface area contributed by atoms with Crippen molar-refractivity contribution in [3.8, 4) is 6.07 Å². The molecule has 0 aliphatic heterocycles. The lowest BCUT2D eigenvalue weighted by atomic mass is 9.94. The van der Waals surface area contributed by atoms with E-state index >= 15 is 0 Å². The fourth-order valence-corrected chi connectivity index (χ4v) is 5.05. The van der Waals surface area contributed by atoms with Crippen molar-refractivity contribution in [2.75, 3.05) is 4.90 Å². The molecule has 0 aliphatic rings. The van der Waals surface area contributed by atoms with Crippen LogP contribution in [0, 0.1) is 17.9 Å². The number of nitriles is 1. The summed E-state index contributed by atoms with van der Waals surface area (Å²) < 4.78 is 0. The van der Waals surface area contributed by atoms with Gasteiger partial charge in [-0.25, -0.2) is 4.85 Å². The zero-order chi connectivity index (χ0) is 26.6. The van der Waals surface area contributed by atoms with Gasteiger partial charge in [-0.1, -0.05) is 103 Å². The Balaban J connectivity index is 1.35. The third-order valence-electron chi connectivity index (χ3n) is 6.89. The van der Waals surface area contributed by atoms with E-state index in [0.717, 1.165) is 49.7 Å². The highest BCUT2D eigenvalue weighted by molar-refractivity contribution is 6.15. The van der Waals surface area contributed by atoms with Gasteiger partial charge in [0.2, 0.25) is 5.69 Å². The fraction of sp³-hybridized carbons (Fsp3) is 0. The van der Waals surface area contributed by atoms with Crippen LogP contribution in [0.5, 0.6) is 0 Å². The summed E-state index contributed by atoms with van der Waals surface area (Å²) in [7, 11) is 0. The van der Waals surface area contributed by atoms with Gasteiger partial charge in [0.15, 0.2) is 0 Å². The van der Waals surface area contributed by atoms with Crippen molar-refractivity contribution in [1.82, 2.24) is 0 Å². The maximum Gasteiger partial charge on any atom is 0.202 e. The monoisotopic (exact) mass is 497 g/mol. The Kier molecular flexibility index (Phi) is 6.32. The van der Waals surface area contributed by atoms with Crippen LogP contribution in [-0.4, -0.2) is 0 Å². The molecule has 0 bridgehead atoms. The van der Waals surface area contributed by atoms with E-state index in [1.807, 2.05) is 78.9 Å². The highest BCUT2D eigenvalue weighted by Crippen LogP contribution is 2.39. The molecule has 0 N–H and O–H groups in total. The predicted octanol–water partition coefficient (Wildman–Crippen LogP) is 10.1. The summed E-state index contributed by atoms with van der Waals surface area (Å²) in [6.45, 7) is 7.84. The molecule has 0 saturated carbocycles. The van der Waals surface area contributed by atoms with Crippen molar-refractivity contribution in [3.63, 3.8) is 0 Å². The molecule has 39 heavy (non-hydrogen) atoms. The molecule has 6 aromatic carbocycles. The van der Waals surface area contributed by atoms with Crippen molar-refractivity contribution in [3.05, 3.63) is 156 Å². The van der Waals surface area contributed by atoms with Crippen LogP contribution >= 0.6 is 0 Å². The number of nitrogens with zero attached hydrogens (tertiary/aromatic N) is 3. The van der Waals surface area contributed by atoms with E-state index in [0.29, 0.717) is 11.3 Å². The van der Waals surface area contributed by atoms with Crippen molar-refractivity contribution < 1.29 is 0 Å². The SMILES string of the molecule is [C-]#[N+]c1c2ccccc2c(C#N)c2ccc(/C=C\c3ccc(N(c4ccccc4)c4ccccc4)cc3)cc12. The number of anilines is 3. The first-order valence-corrected chi connectivity index (χ1v) is 12.7. The summed E-state index contributed by atoms with van der Waals surface area (Å²) in [6.07, 6.45) is 4.12. The molecule has 0 spiro atoms. The number of benzene rings is 6. The van der Waals surface area contributed by atoms with Gasteiger partial charge in [-0.3, -0.25) is 0 Å². The number of hydrogen-bond donors (Lipinski definition) is 0. The van der Waals surface area contributed by atoms with E-state index in [1.165, 1.54) is 0 Å². The normalized spacial score (nSPS) is 10.9. The van der Waals surface area contributed by atoms with E-state index < -0.39 is 0 Å². The maximum atomic E-state index is 9.88. The quantitative estimate of drug-likeness (QED) is 0.135. The average molecular weight is 498 g/mol. The summed E-state index contributed by atoms with van der Waals surface area (Å²) in [5, 5.41) is 13.1. The molecule has 0 saturated heterocycles. The molecule has 0 aliphatic carbocycles. The van der Waals surface area contributed by atoms with Crippen molar-refractivity contribution in [2.45, 2.75) is 0 Å². The molecule has 6 rings (SSSR count). The van der Waals surface area contributed by atoms with Crippen LogP contribution in [0.2, 0.25) is 0 Å². The van der Waals surface area contributed by atoms with E-state index in [1.54, 1.807) is 0 Å². The molecule has 0 unspecified atom stereocenters. The van der Waals surface area contributed by atoms with Crippen LogP contribution in [0.3, 0.4) is 0 Å². The summed E-state index contributed by atoms with van der Waals surface area (Å²) in [6, 6.07) is 45.1. The molecule has 0 fully saturated rings. The van der Waals surface area contributed by atoms with Gasteiger partial charge in [0.05, 0.1) is 12.1 Å². The molecule has 3 heteroatoms. The molecule has 6 aromatic rings. The minimum absolute atomic E-state index is 0.584. The van der Waals surface area contributed by atoms with Gasteiger partial charge >= 0.3 is 0 Å². The van der Waals surface area contributed by atoms with Crippen LogP contribution < -0.4 is 4.90 Å². The van der Waals surface area contributed by atoms with E-state index in [2.05, 4.69) is 76.5 Å². The largest absolute Gasteiger partial charge is 0.311 e. The molecular weight excluding hydrogens is 474 g/mol. The van der Waals surface area contributed by atoms with E-state index in [9.17, 15) is 5.26 Å². The van der Waals surface area contributed by atoms with Crippen molar-refractivity contribution in [2.24, 2.45) is 0 Å². The highest BCUT2D eigenvalue weighted by atomic mass is 15.1. The third-order valence-corrected chi connectivity index (χ3v) is 6.89. The van der Waals surface area contributed by atoms with E-state index in [4.69, 9.17) is 6.57 Å². The predicted molar refractivity (Wildman–Crippen MR) is 162 cm³/mol. The van der Waals surface area contributed by atoms with Gasteiger partial charge in [-0.05, 0) is 69.1 Å². The van der Waals surface area contributed by atoms with Gasteiger partial charge in [-0.2, -0.15) is 5.26 Å². The first-order chi connectivity index (χ1) is 19.3. The lowest BCUT2D eigenvalue weighted by Crippen LogP contribution is -2.09. The Morgan fingerprint density at radius 2 is 1.08 bits per heavy atom. The molecule has 182 valence electrons. The molecule has 0 radical (unpaired) electrons. The summed E-state index contributed by atoms with van der Waals surface area (Å²) in [5.74, 6) is 0. The fourth-order valence-electron chi connectivity index (χ4n) is 5.05. The molecule has 3 nitrogen and oxygen atoms in total. The Morgan fingerprint density at radius 3 is 1.69 bits per heavy atom. The van der Waals surface area contributed by atoms with Crippen LogP contribution in [0.15, 0.2) is 127 Å². The number of fused-ring (bicyclic) bond motifs is 2. The summed E-state index contributed by atoms with van der Waals surface area (Å²) >= 11 is 0. The molecule has 0 atom stereocenters. The second-order valence-corrected chi connectivity index (χ2v) is 9.23. The lowest BCUT2D eigenvalue weighted by molar-refractivity contribution is 1.28. The van der Waals surface area contributed by atoms with Gasteiger partial charge in [0.25, 0.3) is 0 Å². The maximum absolute atomic E-state index is 9.88. The number of para-hydroxylation sites is 2. The third kappa shape index (κ3) is 4.51. The lowest BCUT2D eigenvalue weighted by Gasteiger charge is -2.25. The van der Waals surface area contributed by atoms with Crippen molar-refractivity contribution >= 4 is 56.4 Å². The Hall–Kier alpha value is -5.64. The minimum atomic E-state index is 0.584. The van der Waals surface area contributed by atoms with Crippen LogP contribution in [0.1, 0.15) is 16.7 Å². The van der Waals surface area contributed by atoms with Gasteiger partial charge in [0, 0.05) is 17.1 Å². The van der Waals surface area contributed by atoms with E-state index in [-0.39, 0.29) is 0 Å². The molecule has 0 aromatic heterocycles. The second-order valence-electron chi connectivity index (χ2n) is 9.23. The minimum Gasteiger partial charge on any atom is -0.311 e. The highest BCUT2D eigenvalue weighted by Gasteiger charge is 2.14.